The Labute approximate surface area is 101 Å². The fraction of sp³-hybridized carbons (Fsp3) is 0.444. The fourth-order valence-electron chi connectivity index (χ4n) is 1.43. The summed E-state index contributed by atoms with van der Waals surface area (Å²) in [6, 6.07) is 0.324. The summed E-state index contributed by atoms with van der Waals surface area (Å²) in [5.41, 5.74) is 6.62. The van der Waals surface area contributed by atoms with Gasteiger partial charge in [0.25, 0.3) is 0 Å². The van der Waals surface area contributed by atoms with Gasteiger partial charge in [0.2, 0.25) is 0 Å². The van der Waals surface area contributed by atoms with Crippen LogP contribution in [0.15, 0.2) is 6.33 Å². The van der Waals surface area contributed by atoms with Crippen LogP contribution in [0.1, 0.15) is 26.3 Å². The molecule has 0 saturated heterocycles. The lowest BCUT2D eigenvalue weighted by atomic mass is 10.3. The first-order chi connectivity index (χ1) is 7.15. The van der Waals surface area contributed by atoms with Gasteiger partial charge in [-0.1, -0.05) is 6.92 Å². The molecule has 2 aromatic rings. The molecule has 2 N–H and O–H groups in total. The average Bonchev–Trinajstić information content (AvgIpc) is 2.56. The SMILES string of the molecule is CC[C@@H](C)n1nc(I)c2c(N)ncnc21. The molecule has 0 aliphatic heterocycles. The zero-order valence-electron chi connectivity index (χ0n) is 8.61. The van der Waals surface area contributed by atoms with Crippen LogP contribution < -0.4 is 5.73 Å². The molecule has 5 nitrogen and oxygen atoms in total. The lowest BCUT2D eigenvalue weighted by molar-refractivity contribution is 0.487. The Bertz CT molecular complexity index is 492. The summed E-state index contributed by atoms with van der Waals surface area (Å²) in [4.78, 5) is 8.21. The fourth-order valence-corrected chi connectivity index (χ4v) is 2.18. The summed E-state index contributed by atoms with van der Waals surface area (Å²) >= 11 is 2.16. The van der Waals surface area contributed by atoms with Crippen LogP contribution in [0.5, 0.6) is 0 Å². The highest BCUT2D eigenvalue weighted by atomic mass is 127. The van der Waals surface area contributed by atoms with Gasteiger partial charge in [-0.15, -0.1) is 0 Å². The summed E-state index contributed by atoms with van der Waals surface area (Å²) in [5.74, 6) is 0.499. The molecule has 0 amide bonds. The van der Waals surface area contributed by atoms with Crippen LogP contribution in [0.3, 0.4) is 0 Å². The zero-order valence-corrected chi connectivity index (χ0v) is 10.8. The van der Waals surface area contributed by atoms with Crippen molar-refractivity contribution in [2.24, 2.45) is 0 Å². The van der Waals surface area contributed by atoms with Crippen molar-refractivity contribution in [1.29, 1.82) is 0 Å². The van der Waals surface area contributed by atoms with Gasteiger partial charge in [0.1, 0.15) is 15.8 Å². The first-order valence-corrected chi connectivity index (χ1v) is 5.87. The topological polar surface area (TPSA) is 69.6 Å². The van der Waals surface area contributed by atoms with E-state index >= 15 is 0 Å². The summed E-state index contributed by atoms with van der Waals surface area (Å²) < 4.78 is 2.77. The summed E-state index contributed by atoms with van der Waals surface area (Å²) in [6.07, 6.45) is 2.49. The van der Waals surface area contributed by atoms with Gasteiger partial charge >= 0.3 is 0 Å². The Hall–Kier alpha value is -0.920. The predicted molar refractivity (Wildman–Crippen MR) is 67.5 cm³/mol. The molecule has 80 valence electrons. The van der Waals surface area contributed by atoms with Gasteiger partial charge in [-0.3, -0.25) is 0 Å². The van der Waals surface area contributed by atoms with Crippen molar-refractivity contribution < 1.29 is 0 Å². The Morgan fingerprint density at radius 1 is 1.53 bits per heavy atom. The van der Waals surface area contributed by atoms with Crippen LogP contribution in [0.25, 0.3) is 11.0 Å². The van der Waals surface area contributed by atoms with E-state index in [0.29, 0.717) is 11.9 Å². The van der Waals surface area contributed by atoms with Crippen molar-refractivity contribution in [3.63, 3.8) is 0 Å². The molecule has 2 aromatic heterocycles. The number of aromatic nitrogens is 4. The van der Waals surface area contributed by atoms with E-state index in [1.54, 1.807) is 0 Å². The minimum atomic E-state index is 0.324. The average molecular weight is 317 g/mol. The third kappa shape index (κ3) is 1.66. The third-order valence-corrected chi connectivity index (χ3v) is 3.24. The molecule has 0 unspecified atom stereocenters. The number of nitrogen functional groups attached to an aromatic ring is 1. The first kappa shape index (κ1) is 10.6. The minimum Gasteiger partial charge on any atom is -0.383 e. The Kier molecular flexibility index (Phi) is 2.76. The van der Waals surface area contributed by atoms with Crippen LogP contribution in [0.4, 0.5) is 5.82 Å². The van der Waals surface area contributed by atoms with Crippen LogP contribution >= 0.6 is 22.6 Å². The molecule has 0 fully saturated rings. The first-order valence-electron chi connectivity index (χ1n) is 4.79. The molecular weight excluding hydrogens is 305 g/mol. The molecule has 15 heavy (non-hydrogen) atoms. The van der Waals surface area contributed by atoms with E-state index in [1.807, 2.05) is 4.68 Å². The van der Waals surface area contributed by atoms with E-state index < -0.39 is 0 Å². The van der Waals surface area contributed by atoms with E-state index in [-0.39, 0.29) is 0 Å². The van der Waals surface area contributed by atoms with Crippen LogP contribution in [0, 0.1) is 3.70 Å². The summed E-state index contributed by atoms with van der Waals surface area (Å²) in [6.45, 7) is 4.23. The lowest BCUT2D eigenvalue weighted by Crippen LogP contribution is -2.06. The largest absolute Gasteiger partial charge is 0.383 e. The van der Waals surface area contributed by atoms with E-state index in [9.17, 15) is 0 Å². The molecule has 6 heteroatoms. The van der Waals surface area contributed by atoms with Crippen LogP contribution in [0.2, 0.25) is 0 Å². The van der Waals surface area contributed by atoms with Gasteiger partial charge in [-0.25, -0.2) is 14.6 Å². The Balaban J connectivity index is 2.73. The van der Waals surface area contributed by atoms with Crippen molar-refractivity contribution in [3.8, 4) is 0 Å². The quantitative estimate of drug-likeness (QED) is 0.860. The van der Waals surface area contributed by atoms with Gasteiger partial charge < -0.3 is 5.73 Å². The number of hydrogen-bond acceptors (Lipinski definition) is 4. The minimum absolute atomic E-state index is 0.324. The summed E-state index contributed by atoms with van der Waals surface area (Å²) in [7, 11) is 0. The second kappa shape index (κ2) is 3.92. The molecule has 2 heterocycles. The monoisotopic (exact) mass is 317 g/mol. The molecule has 0 radical (unpaired) electrons. The molecule has 0 aliphatic carbocycles. The Morgan fingerprint density at radius 3 is 2.93 bits per heavy atom. The molecule has 0 bridgehead atoms. The number of nitrogens with zero attached hydrogens (tertiary/aromatic N) is 4. The van der Waals surface area contributed by atoms with E-state index in [2.05, 4.69) is 51.5 Å². The van der Waals surface area contributed by atoms with Crippen molar-refractivity contribution in [3.05, 3.63) is 10.0 Å². The van der Waals surface area contributed by atoms with Gasteiger partial charge in [-0.05, 0) is 35.9 Å². The highest BCUT2D eigenvalue weighted by Gasteiger charge is 2.15. The van der Waals surface area contributed by atoms with Crippen LogP contribution in [-0.2, 0) is 0 Å². The zero-order chi connectivity index (χ0) is 11.0. The second-order valence-corrected chi connectivity index (χ2v) is 4.47. The predicted octanol–water partition coefficient (Wildman–Crippen LogP) is 1.98. The molecule has 0 saturated carbocycles. The summed E-state index contributed by atoms with van der Waals surface area (Å²) in [5, 5.41) is 5.30. The maximum Gasteiger partial charge on any atom is 0.164 e. The van der Waals surface area contributed by atoms with E-state index in [4.69, 9.17) is 5.73 Å². The van der Waals surface area contributed by atoms with Gasteiger partial charge in [-0.2, -0.15) is 5.10 Å². The number of anilines is 1. The normalized spacial score (nSPS) is 13.3. The second-order valence-electron chi connectivity index (χ2n) is 3.45. The highest BCUT2D eigenvalue weighted by Crippen LogP contribution is 2.25. The van der Waals surface area contributed by atoms with Gasteiger partial charge in [0, 0.05) is 0 Å². The van der Waals surface area contributed by atoms with Crippen molar-refractivity contribution in [2.45, 2.75) is 26.3 Å². The number of halogens is 1. The number of fused-ring (bicyclic) bond motifs is 1. The molecule has 0 aromatic carbocycles. The number of hydrogen-bond donors (Lipinski definition) is 1. The smallest absolute Gasteiger partial charge is 0.164 e. The maximum atomic E-state index is 5.80. The van der Waals surface area contributed by atoms with E-state index in [1.165, 1.54) is 6.33 Å². The Morgan fingerprint density at radius 2 is 2.27 bits per heavy atom. The third-order valence-electron chi connectivity index (χ3n) is 2.48. The maximum absolute atomic E-state index is 5.80. The molecular formula is C9H12IN5. The molecule has 1 atom stereocenters. The van der Waals surface area contributed by atoms with Gasteiger partial charge in [0.15, 0.2) is 5.65 Å². The number of rotatable bonds is 2. The van der Waals surface area contributed by atoms with E-state index in [0.717, 1.165) is 21.2 Å². The van der Waals surface area contributed by atoms with Gasteiger partial charge in [0.05, 0.1) is 11.4 Å². The highest BCUT2D eigenvalue weighted by molar-refractivity contribution is 14.1. The van der Waals surface area contributed by atoms with Crippen LogP contribution in [-0.4, -0.2) is 19.7 Å². The standard InChI is InChI=1S/C9H12IN5/c1-3-5(2)15-9-6(7(10)14-15)8(11)12-4-13-9/h4-5H,3H2,1-2H3,(H2,11,12,13)/t5-/m1/s1. The van der Waals surface area contributed by atoms with Crippen molar-refractivity contribution in [2.75, 3.05) is 5.73 Å². The van der Waals surface area contributed by atoms with Crippen molar-refractivity contribution in [1.82, 2.24) is 19.7 Å². The molecule has 2 rings (SSSR count). The van der Waals surface area contributed by atoms with Crippen molar-refractivity contribution >= 4 is 39.4 Å². The molecule has 0 spiro atoms. The molecule has 0 aliphatic rings. The lowest BCUT2D eigenvalue weighted by Gasteiger charge is -2.09. The number of nitrogens with two attached hydrogens (primary N) is 1.